The van der Waals surface area contributed by atoms with Gasteiger partial charge in [-0.15, -0.1) is 11.3 Å². The number of nitrogens with zero attached hydrogens (tertiary/aromatic N) is 3. The Bertz CT molecular complexity index is 755. The highest BCUT2D eigenvalue weighted by Gasteiger charge is 2.37. The molecular weight excluding hydrogens is 342 g/mol. The van der Waals surface area contributed by atoms with Crippen molar-refractivity contribution in [1.29, 1.82) is 0 Å². The molecule has 1 fully saturated rings. The van der Waals surface area contributed by atoms with E-state index in [1.54, 1.807) is 22.7 Å². The molecule has 0 N–H and O–H groups in total. The lowest BCUT2D eigenvalue weighted by Gasteiger charge is -2.36. The monoisotopic (exact) mass is 367 g/mol. The number of para-hydroxylation sites is 1. The van der Waals surface area contributed by atoms with Crippen LogP contribution in [0.3, 0.4) is 0 Å². The van der Waals surface area contributed by atoms with Gasteiger partial charge in [0.15, 0.2) is 0 Å². The summed E-state index contributed by atoms with van der Waals surface area (Å²) in [4.78, 5) is 4.72. The number of aromatic nitrogens is 1. The van der Waals surface area contributed by atoms with Crippen LogP contribution >= 0.6 is 11.3 Å². The van der Waals surface area contributed by atoms with Crippen LogP contribution in [0.25, 0.3) is 10.2 Å². The Labute approximate surface area is 148 Å². The van der Waals surface area contributed by atoms with Gasteiger partial charge in [-0.2, -0.15) is 17.0 Å². The van der Waals surface area contributed by atoms with Crippen LogP contribution in [0.5, 0.6) is 0 Å². The van der Waals surface area contributed by atoms with Gasteiger partial charge in [0.25, 0.3) is 10.2 Å². The Morgan fingerprint density at radius 2 is 2.12 bits per heavy atom. The van der Waals surface area contributed by atoms with Crippen LogP contribution in [0.1, 0.15) is 50.1 Å². The maximum atomic E-state index is 13.0. The van der Waals surface area contributed by atoms with Crippen LogP contribution in [-0.2, 0) is 10.2 Å². The molecule has 0 unspecified atom stereocenters. The van der Waals surface area contributed by atoms with Gasteiger partial charge in [-0.25, -0.2) is 4.98 Å². The van der Waals surface area contributed by atoms with Crippen molar-refractivity contribution < 1.29 is 8.42 Å². The first kappa shape index (κ1) is 17.8. The molecule has 7 heteroatoms. The Balaban J connectivity index is 1.90. The van der Waals surface area contributed by atoms with Crippen molar-refractivity contribution in [2.45, 2.75) is 45.1 Å². The van der Waals surface area contributed by atoms with Crippen molar-refractivity contribution in [3.63, 3.8) is 0 Å². The summed E-state index contributed by atoms with van der Waals surface area (Å²) < 4.78 is 30.3. The number of hydrogen-bond donors (Lipinski definition) is 0. The van der Waals surface area contributed by atoms with Crippen LogP contribution < -0.4 is 0 Å². The van der Waals surface area contributed by atoms with E-state index < -0.39 is 10.2 Å². The van der Waals surface area contributed by atoms with Gasteiger partial charge in [-0.05, 0) is 31.4 Å². The smallest absolute Gasteiger partial charge is 0.239 e. The van der Waals surface area contributed by atoms with E-state index in [9.17, 15) is 8.42 Å². The number of thiazole rings is 1. The summed E-state index contributed by atoms with van der Waals surface area (Å²) in [5, 5.41) is 0.920. The summed E-state index contributed by atoms with van der Waals surface area (Å²) in [5.41, 5.74) is 0.958. The van der Waals surface area contributed by atoms with Crippen molar-refractivity contribution in [3.05, 3.63) is 29.3 Å². The Kier molecular flexibility index (Phi) is 5.54. The summed E-state index contributed by atoms with van der Waals surface area (Å²) in [6.07, 6.45) is 4.69. The zero-order chi connectivity index (χ0) is 17.2. The second kappa shape index (κ2) is 7.47. The van der Waals surface area contributed by atoms with Gasteiger partial charge < -0.3 is 0 Å². The molecule has 0 aliphatic carbocycles. The third kappa shape index (κ3) is 3.49. The summed E-state index contributed by atoms with van der Waals surface area (Å²) in [6, 6.07) is 7.87. The molecule has 3 rings (SSSR count). The fourth-order valence-electron chi connectivity index (χ4n) is 3.14. The molecule has 2 aromatic rings. The van der Waals surface area contributed by atoms with E-state index in [1.807, 2.05) is 24.3 Å². The van der Waals surface area contributed by atoms with Crippen LogP contribution in [0.4, 0.5) is 0 Å². The minimum Gasteiger partial charge on any atom is -0.239 e. The normalized spacial score (nSPS) is 20.0. The number of fused-ring (bicyclic) bond motifs is 1. The van der Waals surface area contributed by atoms with E-state index in [1.165, 1.54) is 4.31 Å². The SMILES string of the molecule is CCCCN(C)S(=O)(=O)N1CCCC[C@H]1c1nc2ccccc2s1. The topological polar surface area (TPSA) is 53.5 Å². The number of hydrogen-bond acceptors (Lipinski definition) is 4. The summed E-state index contributed by atoms with van der Waals surface area (Å²) in [7, 11) is -1.75. The molecule has 1 atom stereocenters. The van der Waals surface area contributed by atoms with E-state index in [-0.39, 0.29) is 6.04 Å². The molecule has 0 radical (unpaired) electrons. The zero-order valence-electron chi connectivity index (χ0n) is 14.3. The molecule has 2 heterocycles. The van der Waals surface area contributed by atoms with E-state index in [0.717, 1.165) is 47.3 Å². The van der Waals surface area contributed by atoms with E-state index in [2.05, 4.69) is 6.92 Å². The first-order valence-corrected chi connectivity index (χ1v) is 10.8. The van der Waals surface area contributed by atoms with E-state index in [0.29, 0.717) is 13.1 Å². The third-order valence-corrected chi connectivity index (χ3v) is 7.70. The van der Waals surface area contributed by atoms with Crippen LogP contribution in [0.15, 0.2) is 24.3 Å². The van der Waals surface area contributed by atoms with Crippen molar-refractivity contribution >= 4 is 31.8 Å². The van der Waals surface area contributed by atoms with Crippen molar-refractivity contribution in [2.24, 2.45) is 0 Å². The van der Waals surface area contributed by atoms with Crippen molar-refractivity contribution in [3.8, 4) is 0 Å². The molecule has 24 heavy (non-hydrogen) atoms. The summed E-state index contributed by atoms with van der Waals surface area (Å²) in [6.45, 7) is 3.23. The zero-order valence-corrected chi connectivity index (χ0v) is 15.9. The number of benzene rings is 1. The lowest BCUT2D eigenvalue weighted by Crippen LogP contribution is -2.46. The molecule has 0 saturated carbocycles. The molecule has 1 aromatic heterocycles. The Morgan fingerprint density at radius 1 is 1.33 bits per heavy atom. The highest BCUT2D eigenvalue weighted by Crippen LogP contribution is 2.37. The summed E-state index contributed by atoms with van der Waals surface area (Å²) >= 11 is 1.62. The fraction of sp³-hybridized carbons (Fsp3) is 0.588. The number of rotatable bonds is 6. The highest BCUT2D eigenvalue weighted by molar-refractivity contribution is 7.86. The standard InChI is InChI=1S/C17H25N3O2S2/c1-3-4-12-19(2)24(21,22)20-13-8-7-10-15(20)17-18-14-9-5-6-11-16(14)23-17/h5-6,9,11,15H,3-4,7-8,10,12-13H2,1-2H3/t15-/m0/s1. The Hall–Kier alpha value is -1.02. The lowest BCUT2D eigenvalue weighted by atomic mass is 10.1. The van der Waals surface area contributed by atoms with Crippen LogP contribution in [0, 0.1) is 0 Å². The molecule has 1 saturated heterocycles. The average Bonchev–Trinajstić information content (AvgIpc) is 3.03. The fourth-order valence-corrected chi connectivity index (χ4v) is 5.92. The van der Waals surface area contributed by atoms with E-state index >= 15 is 0 Å². The van der Waals surface area contributed by atoms with Gasteiger partial charge in [0.2, 0.25) is 0 Å². The van der Waals surface area contributed by atoms with Crippen LogP contribution in [-0.4, -0.2) is 42.1 Å². The van der Waals surface area contributed by atoms with E-state index in [4.69, 9.17) is 4.98 Å². The molecule has 1 aliphatic heterocycles. The van der Waals surface area contributed by atoms with Gasteiger partial charge in [-0.3, -0.25) is 0 Å². The minimum atomic E-state index is -3.44. The predicted molar refractivity (Wildman–Crippen MR) is 99.4 cm³/mol. The van der Waals surface area contributed by atoms with Crippen molar-refractivity contribution in [1.82, 2.24) is 13.6 Å². The number of piperidine rings is 1. The van der Waals surface area contributed by atoms with Gasteiger partial charge in [-0.1, -0.05) is 31.9 Å². The first-order chi connectivity index (χ1) is 11.5. The lowest BCUT2D eigenvalue weighted by molar-refractivity contribution is 0.238. The molecule has 132 valence electrons. The average molecular weight is 368 g/mol. The van der Waals surface area contributed by atoms with Crippen molar-refractivity contribution in [2.75, 3.05) is 20.1 Å². The maximum Gasteiger partial charge on any atom is 0.282 e. The molecule has 0 bridgehead atoms. The predicted octanol–water partition coefficient (Wildman–Crippen LogP) is 3.80. The minimum absolute atomic E-state index is 0.134. The molecular formula is C17H25N3O2S2. The van der Waals surface area contributed by atoms with Gasteiger partial charge in [0.05, 0.1) is 16.3 Å². The maximum absolute atomic E-state index is 13.0. The molecule has 0 spiro atoms. The molecule has 1 aromatic carbocycles. The quantitative estimate of drug-likeness (QED) is 0.780. The Morgan fingerprint density at radius 3 is 2.88 bits per heavy atom. The molecule has 0 amide bonds. The second-order valence-electron chi connectivity index (χ2n) is 6.32. The molecule has 1 aliphatic rings. The summed E-state index contributed by atoms with van der Waals surface area (Å²) in [5.74, 6) is 0. The van der Waals surface area contributed by atoms with Gasteiger partial charge in [0.1, 0.15) is 5.01 Å². The van der Waals surface area contributed by atoms with Crippen LogP contribution in [0.2, 0.25) is 0 Å². The highest BCUT2D eigenvalue weighted by atomic mass is 32.2. The van der Waals surface area contributed by atoms with Gasteiger partial charge in [0, 0.05) is 20.1 Å². The second-order valence-corrected chi connectivity index (χ2v) is 9.38. The van der Waals surface area contributed by atoms with Gasteiger partial charge >= 0.3 is 0 Å². The number of unbranched alkanes of at least 4 members (excludes halogenated alkanes) is 1. The largest absolute Gasteiger partial charge is 0.282 e. The third-order valence-electron chi connectivity index (χ3n) is 4.57. The molecule has 5 nitrogen and oxygen atoms in total. The first-order valence-electron chi connectivity index (χ1n) is 8.62.